The third-order valence-corrected chi connectivity index (χ3v) is 2.82. The first-order valence-corrected chi connectivity index (χ1v) is 5.35. The molecule has 1 rings (SSSR count). The predicted molar refractivity (Wildman–Crippen MR) is 56.0 cm³/mol. The molecule has 80 valence electrons. The summed E-state index contributed by atoms with van der Waals surface area (Å²) >= 11 is 0. The molecule has 0 fully saturated rings. The topological polar surface area (TPSA) is 63.3 Å². The summed E-state index contributed by atoms with van der Waals surface area (Å²) in [4.78, 5) is 10.3. The van der Waals surface area contributed by atoms with Crippen molar-refractivity contribution in [3.63, 3.8) is 0 Å². The average molecular weight is 197 g/mol. The van der Waals surface area contributed by atoms with Crippen LogP contribution in [0.3, 0.4) is 0 Å². The molecule has 1 aliphatic rings. The number of hydrogen-bond donors (Lipinski definition) is 2. The maximum atomic E-state index is 10.3. The molecule has 0 spiro atoms. The van der Waals surface area contributed by atoms with Crippen molar-refractivity contribution in [1.29, 1.82) is 0 Å². The number of carbonyl (C=O) groups is 1. The van der Waals surface area contributed by atoms with Crippen LogP contribution in [0.4, 0.5) is 0 Å². The molecule has 0 saturated carbocycles. The second-order valence-corrected chi connectivity index (χ2v) is 3.88. The van der Waals surface area contributed by atoms with Gasteiger partial charge < -0.3 is 10.8 Å². The molecule has 3 heteroatoms. The zero-order valence-corrected chi connectivity index (χ0v) is 8.54. The molecule has 3 N–H and O–H groups in total. The van der Waals surface area contributed by atoms with Crippen molar-refractivity contribution < 1.29 is 9.90 Å². The predicted octanol–water partition coefficient (Wildman–Crippen LogP) is 1.93. The van der Waals surface area contributed by atoms with E-state index in [0.29, 0.717) is 18.9 Å². The van der Waals surface area contributed by atoms with Gasteiger partial charge in [-0.2, -0.15) is 0 Å². The van der Waals surface area contributed by atoms with Crippen LogP contribution in [0.5, 0.6) is 0 Å². The van der Waals surface area contributed by atoms with Gasteiger partial charge >= 0.3 is 5.97 Å². The highest BCUT2D eigenvalue weighted by atomic mass is 16.4. The Morgan fingerprint density at radius 3 is 3.07 bits per heavy atom. The van der Waals surface area contributed by atoms with E-state index in [0.717, 1.165) is 25.7 Å². The van der Waals surface area contributed by atoms with Gasteiger partial charge in [0.05, 0.1) is 0 Å². The van der Waals surface area contributed by atoms with Gasteiger partial charge in [-0.3, -0.25) is 4.79 Å². The van der Waals surface area contributed by atoms with Crippen molar-refractivity contribution in [2.24, 2.45) is 11.7 Å². The summed E-state index contributed by atoms with van der Waals surface area (Å²) in [6, 6.07) is 0. The van der Waals surface area contributed by atoms with Crippen LogP contribution in [-0.4, -0.2) is 17.6 Å². The lowest BCUT2D eigenvalue weighted by molar-refractivity contribution is -0.137. The summed E-state index contributed by atoms with van der Waals surface area (Å²) in [6.07, 6.45) is 7.70. The number of allylic oxidation sites excluding steroid dienone is 1. The third-order valence-electron chi connectivity index (χ3n) is 2.82. The van der Waals surface area contributed by atoms with Crippen LogP contribution in [0, 0.1) is 5.92 Å². The normalized spacial score (nSPS) is 20.9. The summed E-state index contributed by atoms with van der Waals surface area (Å²) in [5.41, 5.74) is 6.97. The second-order valence-electron chi connectivity index (χ2n) is 3.88. The maximum Gasteiger partial charge on any atom is 0.303 e. The lowest BCUT2D eigenvalue weighted by atomic mass is 9.93. The molecular formula is C11H19NO2. The lowest BCUT2D eigenvalue weighted by Crippen LogP contribution is -2.07. The van der Waals surface area contributed by atoms with Crippen molar-refractivity contribution >= 4 is 5.97 Å². The minimum Gasteiger partial charge on any atom is -0.481 e. The zero-order valence-electron chi connectivity index (χ0n) is 8.54. The molecule has 0 aliphatic heterocycles. The molecular weight excluding hydrogens is 178 g/mol. The van der Waals surface area contributed by atoms with Crippen LogP contribution in [0.2, 0.25) is 0 Å². The molecule has 0 unspecified atom stereocenters. The highest BCUT2D eigenvalue weighted by Crippen LogP contribution is 2.31. The Hall–Kier alpha value is -0.830. The first-order chi connectivity index (χ1) is 6.74. The van der Waals surface area contributed by atoms with E-state index in [2.05, 4.69) is 6.08 Å². The summed E-state index contributed by atoms with van der Waals surface area (Å²) < 4.78 is 0. The van der Waals surface area contributed by atoms with Crippen molar-refractivity contribution in [3.8, 4) is 0 Å². The van der Waals surface area contributed by atoms with Gasteiger partial charge in [0, 0.05) is 6.42 Å². The quantitative estimate of drug-likeness (QED) is 0.639. The van der Waals surface area contributed by atoms with Gasteiger partial charge in [0.1, 0.15) is 0 Å². The smallest absolute Gasteiger partial charge is 0.303 e. The van der Waals surface area contributed by atoms with Crippen molar-refractivity contribution in [3.05, 3.63) is 11.6 Å². The summed E-state index contributed by atoms with van der Waals surface area (Å²) in [5.74, 6) is -0.0785. The fraction of sp³-hybridized carbons (Fsp3) is 0.727. The third kappa shape index (κ3) is 3.50. The fourth-order valence-electron chi connectivity index (χ4n) is 2.12. The van der Waals surface area contributed by atoms with E-state index in [-0.39, 0.29) is 0 Å². The number of nitrogens with two attached hydrogens (primary N) is 1. The zero-order chi connectivity index (χ0) is 10.4. The van der Waals surface area contributed by atoms with Gasteiger partial charge in [-0.05, 0) is 44.6 Å². The van der Waals surface area contributed by atoms with E-state index in [1.54, 1.807) is 0 Å². The van der Waals surface area contributed by atoms with E-state index in [9.17, 15) is 4.79 Å². The van der Waals surface area contributed by atoms with Gasteiger partial charge in [0.2, 0.25) is 0 Å². The molecule has 14 heavy (non-hydrogen) atoms. The number of carboxylic acids is 1. The van der Waals surface area contributed by atoms with E-state index in [4.69, 9.17) is 10.8 Å². The molecule has 0 heterocycles. The Kier molecular flexibility index (Phi) is 4.66. The van der Waals surface area contributed by atoms with E-state index >= 15 is 0 Å². The van der Waals surface area contributed by atoms with Gasteiger partial charge in [0.15, 0.2) is 0 Å². The number of hydrogen-bond acceptors (Lipinski definition) is 2. The highest BCUT2D eigenvalue weighted by molar-refractivity contribution is 5.66. The number of rotatable bonds is 6. The van der Waals surface area contributed by atoms with Gasteiger partial charge in [-0.15, -0.1) is 0 Å². The van der Waals surface area contributed by atoms with E-state index < -0.39 is 5.97 Å². The summed E-state index contributed by atoms with van der Waals surface area (Å²) in [6.45, 7) is 0.710. The largest absolute Gasteiger partial charge is 0.481 e. The van der Waals surface area contributed by atoms with Crippen molar-refractivity contribution in [2.45, 2.75) is 38.5 Å². The molecule has 1 atom stereocenters. The summed E-state index contributed by atoms with van der Waals surface area (Å²) in [5, 5.41) is 8.52. The first-order valence-electron chi connectivity index (χ1n) is 5.35. The highest BCUT2D eigenvalue weighted by Gasteiger charge is 2.18. The Morgan fingerprint density at radius 1 is 1.64 bits per heavy atom. The van der Waals surface area contributed by atoms with E-state index in [1.165, 1.54) is 12.0 Å². The molecule has 1 aliphatic carbocycles. The van der Waals surface area contributed by atoms with Crippen LogP contribution in [-0.2, 0) is 4.79 Å². The van der Waals surface area contributed by atoms with Crippen LogP contribution in [0.1, 0.15) is 38.5 Å². The first kappa shape index (κ1) is 11.2. The van der Waals surface area contributed by atoms with Crippen LogP contribution in [0.25, 0.3) is 0 Å². The molecule has 0 saturated heterocycles. The second kappa shape index (κ2) is 5.81. The Balaban J connectivity index is 2.23. The Morgan fingerprint density at radius 2 is 2.43 bits per heavy atom. The van der Waals surface area contributed by atoms with Crippen LogP contribution >= 0.6 is 0 Å². The summed E-state index contributed by atoms with van der Waals surface area (Å²) in [7, 11) is 0. The van der Waals surface area contributed by atoms with Crippen molar-refractivity contribution in [1.82, 2.24) is 0 Å². The van der Waals surface area contributed by atoms with Gasteiger partial charge in [-0.25, -0.2) is 0 Å². The average Bonchev–Trinajstić information content (AvgIpc) is 2.53. The monoisotopic (exact) mass is 197 g/mol. The van der Waals surface area contributed by atoms with Crippen LogP contribution < -0.4 is 5.73 Å². The SMILES string of the molecule is NCCC1=CCC[C@H]1CCCC(=O)O. The number of aliphatic carboxylic acids is 1. The van der Waals surface area contributed by atoms with Gasteiger partial charge in [-0.1, -0.05) is 11.6 Å². The van der Waals surface area contributed by atoms with Crippen molar-refractivity contribution in [2.75, 3.05) is 6.54 Å². The maximum absolute atomic E-state index is 10.3. The van der Waals surface area contributed by atoms with Gasteiger partial charge in [0.25, 0.3) is 0 Å². The number of carboxylic acid groups (broad SMARTS) is 1. The Labute approximate surface area is 85.0 Å². The molecule has 0 aromatic carbocycles. The van der Waals surface area contributed by atoms with E-state index in [1.807, 2.05) is 0 Å². The molecule has 3 nitrogen and oxygen atoms in total. The molecule has 0 aromatic heterocycles. The molecule has 0 radical (unpaired) electrons. The molecule has 0 amide bonds. The minimum atomic E-state index is -0.688. The molecule has 0 bridgehead atoms. The standard InChI is InChI=1S/C11H19NO2/c12-8-7-10-4-1-3-9(10)5-2-6-11(13)14/h4,9H,1-3,5-8,12H2,(H,13,14)/t9-/m0/s1. The Bertz CT molecular complexity index is 223. The fourth-order valence-corrected chi connectivity index (χ4v) is 2.12. The minimum absolute atomic E-state index is 0.298. The molecule has 0 aromatic rings. The van der Waals surface area contributed by atoms with Crippen LogP contribution in [0.15, 0.2) is 11.6 Å². The lowest BCUT2D eigenvalue weighted by Gasteiger charge is -2.13.